The van der Waals surface area contributed by atoms with E-state index in [2.05, 4.69) is 156 Å². The van der Waals surface area contributed by atoms with Gasteiger partial charge in [0.1, 0.15) is 16.8 Å². The molecule has 8 aromatic carbocycles. The minimum atomic E-state index is 0.619. The molecular weight excluding hydrogens is 667 g/mol. The predicted molar refractivity (Wildman–Crippen MR) is 222 cm³/mol. The number of hydrogen-bond acceptors (Lipinski definition) is 4. The number of furan rings is 1. The van der Waals surface area contributed by atoms with Gasteiger partial charge >= 0.3 is 0 Å². The van der Waals surface area contributed by atoms with Crippen LogP contribution in [0.3, 0.4) is 0 Å². The Hall–Kier alpha value is -6.82. The normalized spacial score (nSPS) is 12.2. The van der Waals surface area contributed by atoms with E-state index in [1.807, 2.05) is 23.5 Å². The van der Waals surface area contributed by atoms with Crippen LogP contribution in [0.5, 0.6) is 0 Å². The quantitative estimate of drug-likeness (QED) is 0.185. The summed E-state index contributed by atoms with van der Waals surface area (Å²) in [6, 6.07) is 58.1. The number of hydrogen-bond donors (Lipinski definition) is 0. The summed E-state index contributed by atoms with van der Waals surface area (Å²) in [5.41, 5.74) is 8.61. The fourth-order valence-electron chi connectivity index (χ4n) is 8.56. The Kier molecular flexibility index (Phi) is 5.90. The summed E-state index contributed by atoms with van der Waals surface area (Å²) < 4.78 is 11.5. The maximum Gasteiger partial charge on any atom is 0.236 e. The van der Waals surface area contributed by atoms with Crippen LogP contribution in [0.4, 0.5) is 0 Å². The maximum atomic E-state index is 6.69. The number of fused-ring (bicyclic) bond motifs is 14. The second kappa shape index (κ2) is 10.8. The van der Waals surface area contributed by atoms with Crippen LogP contribution in [0, 0.1) is 0 Å². The second-order valence-corrected chi connectivity index (χ2v) is 14.7. The fraction of sp³-hybridized carbons (Fsp3) is 0. The zero-order valence-corrected chi connectivity index (χ0v) is 29.1. The van der Waals surface area contributed by atoms with Crippen molar-refractivity contribution >= 4 is 96.9 Å². The van der Waals surface area contributed by atoms with E-state index in [9.17, 15) is 0 Å². The third-order valence-corrected chi connectivity index (χ3v) is 12.0. The van der Waals surface area contributed by atoms with Crippen LogP contribution in [0.2, 0.25) is 0 Å². The Balaban J connectivity index is 1.27. The second-order valence-electron chi connectivity index (χ2n) is 13.6. The number of para-hydroxylation sites is 2. The molecule has 0 aliphatic carbocycles. The summed E-state index contributed by atoms with van der Waals surface area (Å²) in [7, 11) is 0. The summed E-state index contributed by atoms with van der Waals surface area (Å²) in [6.07, 6.45) is 0. The van der Waals surface area contributed by atoms with Gasteiger partial charge in [0.2, 0.25) is 5.95 Å². The number of aromatic nitrogens is 3. The molecule has 0 aliphatic rings. The van der Waals surface area contributed by atoms with Gasteiger partial charge in [0.05, 0.1) is 11.0 Å². The predicted octanol–water partition coefficient (Wildman–Crippen LogP) is 13.5. The summed E-state index contributed by atoms with van der Waals surface area (Å²) in [6.45, 7) is 0. The van der Waals surface area contributed by atoms with Gasteiger partial charge in [-0.3, -0.25) is 4.57 Å². The highest BCUT2D eigenvalue weighted by Crippen LogP contribution is 2.48. The average Bonchev–Trinajstić information content (AvgIpc) is 3.91. The molecule has 0 fully saturated rings. The van der Waals surface area contributed by atoms with Crippen LogP contribution >= 0.6 is 11.3 Å². The van der Waals surface area contributed by atoms with Gasteiger partial charge in [0.25, 0.3) is 0 Å². The first-order valence-electron chi connectivity index (χ1n) is 17.8. The minimum Gasteiger partial charge on any atom is -0.452 e. The van der Waals surface area contributed by atoms with Crippen LogP contribution < -0.4 is 0 Å². The van der Waals surface area contributed by atoms with E-state index in [1.165, 1.54) is 52.8 Å². The standard InChI is InChI=1S/C48H27N3OS/c1-2-14-28(15-3-1)29-26-27-33(31-17-5-4-16-30(29)31)43-46-44(36-21-9-12-24-39(36)52-46)50-48(49-43)51-38-23-11-8-20-35(38)41-32-18-6-7-19-34(32)47-42(45(41)51)37-22-10-13-25-40(37)53-47/h1-27H. The lowest BCUT2D eigenvalue weighted by atomic mass is 9.93. The van der Waals surface area contributed by atoms with Crippen LogP contribution in [0.25, 0.3) is 114 Å². The Labute approximate surface area is 306 Å². The van der Waals surface area contributed by atoms with Crippen LogP contribution in [0.15, 0.2) is 168 Å². The highest BCUT2D eigenvalue weighted by molar-refractivity contribution is 7.27. The first-order chi connectivity index (χ1) is 26.3. The molecule has 246 valence electrons. The summed E-state index contributed by atoms with van der Waals surface area (Å²) in [4.78, 5) is 11.0. The zero-order valence-electron chi connectivity index (χ0n) is 28.2. The van der Waals surface area contributed by atoms with Gasteiger partial charge in [0.15, 0.2) is 5.58 Å². The Bertz CT molecular complexity index is 3460. The van der Waals surface area contributed by atoms with Crippen molar-refractivity contribution in [1.29, 1.82) is 0 Å². The number of thiophene rings is 1. The Morgan fingerprint density at radius 2 is 1.09 bits per heavy atom. The van der Waals surface area contributed by atoms with E-state index < -0.39 is 0 Å². The van der Waals surface area contributed by atoms with Crippen molar-refractivity contribution in [3.63, 3.8) is 0 Å². The fourth-order valence-corrected chi connectivity index (χ4v) is 9.81. The molecule has 0 N–H and O–H groups in total. The summed E-state index contributed by atoms with van der Waals surface area (Å²) in [5.74, 6) is 0.619. The van der Waals surface area contributed by atoms with Crippen molar-refractivity contribution in [1.82, 2.24) is 14.5 Å². The van der Waals surface area contributed by atoms with Crippen molar-refractivity contribution in [2.75, 3.05) is 0 Å². The highest BCUT2D eigenvalue weighted by Gasteiger charge is 2.26. The molecule has 0 unspecified atom stereocenters. The molecule has 0 amide bonds. The molecule has 5 heteroatoms. The van der Waals surface area contributed by atoms with Crippen molar-refractivity contribution in [2.45, 2.75) is 0 Å². The van der Waals surface area contributed by atoms with Crippen LogP contribution in [0.1, 0.15) is 0 Å². The Morgan fingerprint density at radius 3 is 1.92 bits per heavy atom. The lowest BCUT2D eigenvalue weighted by Gasteiger charge is -2.14. The van der Waals surface area contributed by atoms with Crippen molar-refractivity contribution < 1.29 is 4.42 Å². The van der Waals surface area contributed by atoms with E-state index in [4.69, 9.17) is 14.4 Å². The molecule has 4 aromatic heterocycles. The molecule has 0 saturated carbocycles. The lowest BCUT2D eigenvalue weighted by molar-refractivity contribution is 0.666. The molecular formula is C48H27N3OS. The van der Waals surface area contributed by atoms with E-state index in [1.54, 1.807) is 0 Å². The molecule has 53 heavy (non-hydrogen) atoms. The molecule has 0 aliphatic heterocycles. The number of benzene rings is 8. The molecule has 12 rings (SSSR count). The van der Waals surface area contributed by atoms with Gasteiger partial charge in [0, 0.05) is 47.3 Å². The molecule has 0 bridgehead atoms. The van der Waals surface area contributed by atoms with Crippen LogP contribution in [-0.2, 0) is 0 Å². The van der Waals surface area contributed by atoms with Crippen molar-refractivity contribution in [2.24, 2.45) is 0 Å². The van der Waals surface area contributed by atoms with Crippen molar-refractivity contribution in [3.8, 4) is 28.3 Å². The van der Waals surface area contributed by atoms with Gasteiger partial charge in [-0.1, -0.05) is 140 Å². The lowest BCUT2D eigenvalue weighted by Crippen LogP contribution is -2.03. The van der Waals surface area contributed by atoms with Gasteiger partial charge in [-0.15, -0.1) is 11.3 Å². The van der Waals surface area contributed by atoms with E-state index in [0.717, 1.165) is 49.5 Å². The SMILES string of the molecule is c1ccc(-c2ccc(-c3nc(-n4c5ccccc5c5c6ccccc6c6sc7ccccc7c6c54)nc4c3oc3ccccc34)c3ccccc23)cc1. The average molecular weight is 694 g/mol. The third kappa shape index (κ3) is 4.00. The molecule has 0 spiro atoms. The molecule has 12 aromatic rings. The van der Waals surface area contributed by atoms with Crippen LogP contribution in [-0.4, -0.2) is 14.5 Å². The van der Waals surface area contributed by atoms with E-state index in [-0.39, 0.29) is 0 Å². The summed E-state index contributed by atoms with van der Waals surface area (Å²) >= 11 is 1.86. The monoisotopic (exact) mass is 693 g/mol. The minimum absolute atomic E-state index is 0.619. The zero-order chi connectivity index (χ0) is 34.6. The molecule has 0 saturated heterocycles. The third-order valence-electron chi connectivity index (χ3n) is 10.8. The van der Waals surface area contributed by atoms with E-state index in [0.29, 0.717) is 11.5 Å². The first-order valence-corrected chi connectivity index (χ1v) is 18.7. The number of nitrogens with zero attached hydrogens (tertiary/aromatic N) is 3. The maximum absolute atomic E-state index is 6.69. The Morgan fingerprint density at radius 1 is 0.472 bits per heavy atom. The molecule has 4 heterocycles. The van der Waals surface area contributed by atoms with Gasteiger partial charge in [-0.25, -0.2) is 9.97 Å². The molecule has 4 nitrogen and oxygen atoms in total. The van der Waals surface area contributed by atoms with Gasteiger partial charge in [-0.2, -0.15) is 0 Å². The number of rotatable bonds is 3. The first kappa shape index (κ1) is 28.8. The topological polar surface area (TPSA) is 43.9 Å². The van der Waals surface area contributed by atoms with E-state index >= 15 is 0 Å². The smallest absolute Gasteiger partial charge is 0.236 e. The highest BCUT2D eigenvalue weighted by atomic mass is 32.1. The van der Waals surface area contributed by atoms with Crippen molar-refractivity contribution in [3.05, 3.63) is 164 Å². The summed E-state index contributed by atoms with van der Waals surface area (Å²) in [5, 5.41) is 10.6. The van der Waals surface area contributed by atoms with Gasteiger partial charge < -0.3 is 4.42 Å². The van der Waals surface area contributed by atoms with Gasteiger partial charge in [-0.05, 0) is 51.6 Å². The largest absolute Gasteiger partial charge is 0.452 e. The molecule has 0 radical (unpaired) electrons. The molecule has 0 atom stereocenters.